The number of rotatable bonds is 3. The zero-order valence-corrected chi connectivity index (χ0v) is 14.7. The number of pyridine rings is 1. The first-order valence-electron chi connectivity index (χ1n) is 9.10. The van der Waals surface area contributed by atoms with Crippen LogP contribution in [0.25, 0.3) is 6.08 Å². The number of aryl methyl sites for hydroxylation is 4. The Morgan fingerprint density at radius 1 is 0.846 bits per heavy atom. The highest BCUT2D eigenvalue weighted by atomic mass is 16.1. The Hall–Kier alpha value is -3.00. The fourth-order valence-electron chi connectivity index (χ4n) is 3.40. The Kier molecular flexibility index (Phi) is 4.74. The van der Waals surface area contributed by atoms with Crippen LogP contribution in [0.15, 0.2) is 73.1 Å². The van der Waals surface area contributed by atoms with Crippen molar-refractivity contribution in [2.75, 3.05) is 0 Å². The molecular weight excluding hydrogens is 318 g/mol. The van der Waals surface area contributed by atoms with E-state index in [1.165, 1.54) is 16.7 Å². The van der Waals surface area contributed by atoms with E-state index in [9.17, 15) is 4.79 Å². The van der Waals surface area contributed by atoms with Crippen molar-refractivity contribution < 1.29 is 4.79 Å². The minimum atomic E-state index is 0.0664. The zero-order valence-electron chi connectivity index (χ0n) is 14.7. The fourth-order valence-corrected chi connectivity index (χ4v) is 3.40. The monoisotopic (exact) mass is 339 g/mol. The minimum Gasteiger partial charge on any atom is -0.289 e. The maximum atomic E-state index is 12.9. The molecule has 26 heavy (non-hydrogen) atoms. The molecule has 4 bridgehead atoms. The molecule has 4 aliphatic carbocycles. The van der Waals surface area contributed by atoms with Gasteiger partial charge in [0.25, 0.3) is 0 Å². The molecule has 0 fully saturated rings. The van der Waals surface area contributed by atoms with E-state index in [4.69, 9.17) is 0 Å². The van der Waals surface area contributed by atoms with Crippen molar-refractivity contribution in [3.8, 4) is 0 Å². The molecular formula is C24H21NO. The average molecular weight is 339 g/mol. The van der Waals surface area contributed by atoms with Gasteiger partial charge in [-0.2, -0.15) is 0 Å². The third kappa shape index (κ3) is 3.80. The number of hydrogen-bond acceptors (Lipinski definition) is 2. The van der Waals surface area contributed by atoms with Gasteiger partial charge in [0, 0.05) is 18.0 Å². The molecule has 2 heteroatoms. The van der Waals surface area contributed by atoms with Crippen molar-refractivity contribution in [1.82, 2.24) is 4.98 Å². The Labute approximate surface area is 154 Å². The lowest BCUT2D eigenvalue weighted by atomic mass is 9.91. The lowest BCUT2D eigenvalue weighted by molar-refractivity contribution is 0.104. The van der Waals surface area contributed by atoms with Crippen LogP contribution in [0.1, 0.15) is 38.2 Å². The topological polar surface area (TPSA) is 30.0 Å². The summed E-state index contributed by atoms with van der Waals surface area (Å²) in [4.78, 5) is 16.9. The van der Waals surface area contributed by atoms with Gasteiger partial charge in [-0.05, 0) is 77.8 Å². The summed E-state index contributed by atoms with van der Waals surface area (Å²) in [6.45, 7) is 0. The van der Waals surface area contributed by atoms with Crippen molar-refractivity contribution >= 4 is 11.9 Å². The third-order valence-corrected chi connectivity index (χ3v) is 4.96. The van der Waals surface area contributed by atoms with Crippen molar-refractivity contribution in [3.63, 3.8) is 0 Å². The van der Waals surface area contributed by atoms with E-state index in [2.05, 4.69) is 47.4 Å². The first-order valence-corrected chi connectivity index (χ1v) is 9.10. The molecule has 0 atom stereocenters. The normalized spacial score (nSPS) is 13.5. The first-order chi connectivity index (χ1) is 12.8. The molecule has 7 rings (SSSR count). The summed E-state index contributed by atoms with van der Waals surface area (Å²) in [6.07, 6.45) is 10.8. The molecule has 0 aliphatic heterocycles. The van der Waals surface area contributed by atoms with Gasteiger partial charge < -0.3 is 0 Å². The van der Waals surface area contributed by atoms with Gasteiger partial charge in [0.1, 0.15) is 0 Å². The number of ketones is 1. The van der Waals surface area contributed by atoms with Gasteiger partial charge in [0.2, 0.25) is 0 Å². The summed E-state index contributed by atoms with van der Waals surface area (Å²) in [6, 6.07) is 19.1. The summed E-state index contributed by atoms with van der Waals surface area (Å²) < 4.78 is 0. The van der Waals surface area contributed by atoms with Crippen molar-refractivity contribution in [3.05, 3.63) is 106 Å². The Morgan fingerprint density at radius 3 is 2.27 bits per heavy atom. The van der Waals surface area contributed by atoms with Crippen LogP contribution in [-0.4, -0.2) is 10.8 Å². The highest BCUT2D eigenvalue weighted by Crippen LogP contribution is 2.20. The van der Waals surface area contributed by atoms with Crippen LogP contribution in [0.2, 0.25) is 0 Å². The van der Waals surface area contributed by atoms with Crippen LogP contribution < -0.4 is 0 Å². The van der Waals surface area contributed by atoms with E-state index in [0.717, 1.165) is 42.4 Å². The predicted octanol–water partition coefficient (Wildman–Crippen LogP) is 4.86. The molecule has 0 spiro atoms. The third-order valence-electron chi connectivity index (χ3n) is 4.96. The van der Waals surface area contributed by atoms with Crippen LogP contribution >= 0.6 is 0 Å². The smallest absolute Gasteiger partial charge is 0.186 e. The summed E-state index contributed by atoms with van der Waals surface area (Å²) in [5, 5.41) is 0. The first kappa shape index (κ1) is 16.5. The van der Waals surface area contributed by atoms with E-state index >= 15 is 0 Å². The summed E-state index contributed by atoms with van der Waals surface area (Å²) in [5.74, 6) is 0.0664. The van der Waals surface area contributed by atoms with E-state index in [-0.39, 0.29) is 5.78 Å². The molecule has 1 heterocycles. The number of allylic oxidation sites excluding steroid dienone is 1. The number of carbonyl (C=O) groups excluding carboxylic acids is 1. The number of hydrogen-bond donors (Lipinski definition) is 0. The average Bonchev–Trinajstić information content (AvgIpc) is 2.69. The summed E-state index contributed by atoms with van der Waals surface area (Å²) >= 11 is 0. The molecule has 0 saturated heterocycles. The zero-order chi connectivity index (χ0) is 17.8. The van der Waals surface area contributed by atoms with Crippen LogP contribution in [-0.2, 0) is 25.7 Å². The molecule has 2 nitrogen and oxygen atoms in total. The quantitative estimate of drug-likeness (QED) is 0.504. The molecule has 4 aliphatic rings. The maximum absolute atomic E-state index is 12.9. The van der Waals surface area contributed by atoms with E-state index in [1.807, 2.05) is 18.2 Å². The van der Waals surface area contributed by atoms with Gasteiger partial charge in [-0.15, -0.1) is 0 Å². The Balaban J connectivity index is 1.64. The number of carbonyl (C=O) groups is 1. The molecule has 3 aromatic rings. The van der Waals surface area contributed by atoms with Crippen molar-refractivity contribution in [2.24, 2.45) is 0 Å². The van der Waals surface area contributed by atoms with Crippen molar-refractivity contribution in [2.45, 2.75) is 25.7 Å². The lowest BCUT2D eigenvalue weighted by Gasteiger charge is -2.13. The van der Waals surface area contributed by atoms with Gasteiger partial charge >= 0.3 is 0 Å². The minimum absolute atomic E-state index is 0.0664. The van der Waals surface area contributed by atoms with E-state index in [0.29, 0.717) is 0 Å². The van der Waals surface area contributed by atoms with Gasteiger partial charge in [-0.3, -0.25) is 9.78 Å². The lowest BCUT2D eigenvalue weighted by Crippen LogP contribution is -2.06. The van der Waals surface area contributed by atoms with Crippen molar-refractivity contribution in [1.29, 1.82) is 0 Å². The van der Waals surface area contributed by atoms with Crippen LogP contribution in [0.5, 0.6) is 0 Å². The second kappa shape index (κ2) is 7.49. The molecule has 0 radical (unpaired) electrons. The molecule has 0 N–H and O–H groups in total. The van der Waals surface area contributed by atoms with Crippen LogP contribution in [0, 0.1) is 0 Å². The SMILES string of the molecule is O=C(/C=C/c1cccnc1)c1cc2ccc1CCc1ccc(cc1)CC2. The van der Waals surface area contributed by atoms with E-state index < -0.39 is 0 Å². The Morgan fingerprint density at radius 2 is 1.54 bits per heavy atom. The molecule has 128 valence electrons. The second-order valence-electron chi connectivity index (χ2n) is 6.79. The Bertz CT molecular complexity index is 940. The number of aromatic nitrogens is 1. The second-order valence-corrected chi connectivity index (χ2v) is 6.79. The maximum Gasteiger partial charge on any atom is 0.186 e. The van der Waals surface area contributed by atoms with Gasteiger partial charge in [0.15, 0.2) is 5.78 Å². The number of nitrogens with zero attached hydrogens (tertiary/aromatic N) is 1. The van der Waals surface area contributed by atoms with Crippen LogP contribution in [0.3, 0.4) is 0 Å². The van der Waals surface area contributed by atoms with Crippen LogP contribution in [0.4, 0.5) is 0 Å². The largest absolute Gasteiger partial charge is 0.289 e. The molecule has 2 aromatic carbocycles. The molecule has 0 saturated carbocycles. The van der Waals surface area contributed by atoms with Gasteiger partial charge in [0.05, 0.1) is 0 Å². The molecule has 0 amide bonds. The fraction of sp³-hybridized carbons (Fsp3) is 0.167. The standard InChI is InChI=1S/C24H21NO/c26-24(14-11-21-2-1-15-25-17-21)23-16-20-8-7-18-3-5-19(6-4-18)9-12-22(23)13-10-20/h1-6,10-11,13-17H,7-9,12H2/b14-11+. The summed E-state index contributed by atoms with van der Waals surface area (Å²) in [7, 11) is 0. The van der Waals surface area contributed by atoms with Gasteiger partial charge in [-0.1, -0.05) is 42.5 Å². The number of benzene rings is 2. The van der Waals surface area contributed by atoms with E-state index in [1.54, 1.807) is 18.5 Å². The van der Waals surface area contributed by atoms with Gasteiger partial charge in [-0.25, -0.2) is 0 Å². The highest BCUT2D eigenvalue weighted by Gasteiger charge is 2.12. The summed E-state index contributed by atoms with van der Waals surface area (Å²) in [5.41, 5.74) is 6.78. The molecule has 0 unspecified atom stereocenters. The molecule has 1 aromatic heterocycles. The predicted molar refractivity (Wildman–Crippen MR) is 105 cm³/mol. The highest BCUT2D eigenvalue weighted by molar-refractivity contribution is 6.07.